The molecular formula is C20H20FN3O3. The highest BCUT2D eigenvalue weighted by Gasteiger charge is 2.27. The Morgan fingerprint density at radius 3 is 2.63 bits per heavy atom. The number of nitrogens with zero attached hydrogens (tertiary/aromatic N) is 2. The summed E-state index contributed by atoms with van der Waals surface area (Å²) in [7, 11) is 0. The smallest absolute Gasteiger partial charge is 0.329 e. The number of amides is 1. The number of carbonyl (C=O) groups excluding carboxylic acids is 2. The van der Waals surface area contributed by atoms with Crippen LogP contribution in [0.2, 0.25) is 0 Å². The van der Waals surface area contributed by atoms with Gasteiger partial charge in [0.2, 0.25) is 0 Å². The van der Waals surface area contributed by atoms with Gasteiger partial charge in [-0.25, -0.2) is 14.2 Å². The normalized spacial score (nSPS) is 12.1. The third-order valence-electron chi connectivity index (χ3n) is 4.10. The molecule has 0 bridgehead atoms. The van der Waals surface area contributed by atoms with E-state index in [2.05, 4.69) is 10.3 Å². The minimum atomic E-state index is -0.894. The monoisotopic (exact) mass is 369 g/mol. The number of hydrogen-bond donors (Lipinski definition) is 1. The number of nitrogens with one attached hydrogen (secondary N) is 1. The van der Waals surface area contributed by atoms with Crippen molar-refractivity contribution in [2.24, 2.45) is 5.92 Å². The Morgan fingerprint density at radius 2 is 1.93 bits per heavy atom. The van der Waals surface area contributed by atoms with Gasteiger partial charge in [-0.3, -0.25) is 4.79 Å². The number of ether oxygens (including phenoxy) is 1. The number of aromatic nitrogens is 2. The number of benzene rings is 1. The number of esters is 1. The van der Waals surface area contributed by atoms with E-state index < -0.39 is 23.7 Å². The highest BCUT2D eigenvalue weighted by molar-refractivity contribution is 5.97. The van der Waals surface area contributed by atoms with Crippen molar-refractivity contribution in [3.8, 4) is 0 Å². The summed E-state index contributed by atoms with van der Waals surface area (Å²) in [6.45, 7) is 3.54. The fraction of sp³-hybridized carbons (Fsp3) is 0.250. The predicted octanol–water partition coefficient (Wildman–Crippen LogP) is 2.97. The van der Waals surface area contributed by atoms with Crippen LogP contribution in [0, 0.1) is 11.7 Å². The van der Waals surface area contributed by atoms with Crippen LogP contribution in [-0.4, -0.2) is 27.3 Å². The Bertz CT molecular complexity index is 935. The van der Waals surface area contributed by atoms with Crippen molar-refractivity contribution in [2.75, 3.05) is 0 Å². The van der Waals surface area contributed by atoms with Crippen molar-refractivity contribution >= 4 is 17.5 Å². The molecule has 0 aliphatic heterocycles. The molecule has 0 aliphatic rings. The fourth-order valence-electron chi connectivity index (χ4n) is 2.65. The zero-order chi connectivity index (χ0) is 19.4. The van der Waals surface area contributed by atoms with E-state index >= 15 is 0 Å². The van der Waals surface area contributed by atoms with E-state index in [1.165, 1.54) is 18.2 Å². The van der Waals surface area contributed by atoms with Gasteiger partial charge < -0.3 is 14.5 Å². The molecule has 2 heterocycles. The maximum atomic E-state index is 13.8. The highest BCUT2D eigenvalue weighted by Crippen LogP contribution is 2.11. The minimum absolute atomic E-state index is 0.0146. The van der Waals surface area contributed by atoms with Crippen molar-refractivity contribution in [2.45, 2.75) is 26.5 Å². The lowest BCUT2D eigenvalue weighted by molar-refractivity contribution is -0.148. The van der Waals surface area contributed by atoms with Crippen LogP contribution in [0.1, 0.15) is 29.9 Å². The second-order valence-corrected chi connectivity index (χ2v) is 6.48. The van der Waals surface area contributed by atoms with Crippen LogP contribution in [0.5, 0.6) is 0 Å². The minimum Gasteiger partial charge on any atom is -0.458 e. The second-order valence-electron chi connectivity index (χ2n) is 6.48. The van der Waals surface area contributed by atoms with E-state index in [0.29, 0.717) is 5.69 Å². The molecule has 27 heavy (non-hydrogen) atoms. The third-order valence-corrected chi connectivity index (χ3v) is 4.10. The van der Waals surface area contributed by atoms with Gasteiger partial charge in [0.25, 0.3) is 5.91 Å². The highest BCUT2D eigenvalue weighted by atomic mass is 19.1. The van der Waals surface area contributed by atoms with E-state index in [-0.39, 0.29) is 18.1 Å². The summed E-state index contributed by atoms with van der Waals surface area (Å²) < 4.78 is 20.9. The van der Waals surface area contributed by atoms with Crippen LogP contribution in [-0.2, 0) is 16.1 Å². The molecule has 1 aromatic carbocycles. The van der Waals surface area contributed by atoms with Crippen LogP contribution >= 0.6 is 0 Å². The molecule has 0 unspecified atom stereocenters. The average molecular weight is 369 g/mol. The molecule has 0 saturated carbocycles. The van der Waals surface area contributed by atoms with Crippen LogP contribution in [0.4, 0.5) is 4.39 Å². The Hall–Kier alpha value is -3.22. The molecule has 3 aromatic rings. The lowest BCUT2D eigenvalue weighted by Gasteiger charge is -2.20. The van der Waals surface area contributed by atoms with E-state index in [4.69, 9.17) is 4.74 Å². The molecule has 1 atom stereocenters. The molecular weight excluding hydrogens is 349 g/mol. The lowest BCUT2D eigenvalue weighted by atomic mass is 10.0. The van der Waals surface area contributed by atoms with Crippen molar-refractivity contribution in [3.05, 3.63) is 71.9 Å². The topological polar surface area (TPSA) is 72.7 Å². The molecule has 0 spiro atoms. The Kier molecular flexibility index (Phi) is 5.49. The lowest BCUT2D eigenvalue weighted by Crippen LogP contribution is -2.45. The number of carbonyl (C=O) groups is 2. The molecule has 140 valence electrons. The summed E-state index contributed by atoms with van der Waals surface area (Å²) in [5.41, 5.74) is 1.23. The van der Waals surface area contributed by atoms with E-state index in [0.717, 1.165) is 5.65 Å². The molecule has 7 heteroatoms. The summed E-state index contributed by atoms with van der Waals surface area (Å²) in [6.07, 6.45) is 3.62. The Balaban J connectivity index is 1.66. The van der Waals surface area contributed by atoms with E-state index in [9.17, 15) is 14.0 Å². The molecule has 0 fully saturated rings. The summed E-state index contributed by atoms with van der Waals surface area (Å²) in [6, 6.07) is 10.3. The maximum absolute atomic E-state index is 13.8. The molecule has 1 amide bonds. The van der Waals surface area contributed by atoms with E-state index in [1.807, 2.05) is 28.8 Å². The average Bonchev–Trinajstić information content (AvgIpc) is 3.07. The van der Waals surface area contributed by atoms with Gasteiger partial charge in [0.1, 0.15) is 24.1 Å². The van der Waals surface area contributed by atoms with Crippen LogP contribution in [0.25, 0.3) is 5.65 Å². The number of pyridine rings is 1. The first kappa shape index (κ1) is 18.6. The van der Waals surface area contributed by atoms with Crippen LogP contribution in [0.3, 0.4) is 0 Å². The summed E-state index contributed by atoms with van der Waals surface area (Å²) >= 11 is 0. The Morgan fingerprint density at radius 1 is 1.19 bits per heavy atom. The third kappa shape index (κ3) is 4.31. The number of fused-ring (bicyclic) bond motifs is 1. The predicted molar refractivity (Wildman–Crippen MR) is 97.5 cm³/mol. The maximum Gasteiger partial charge on any atom is 0.329 e. The second kappa shape index (κ2) is 7.99. The molecule has 0 aliphatic carbocycles. The quantitative estimate of drug-likeness (QED) is 0.678. The largest absolute Gasteiger partial charge is 0.458 e. The number of rotatable bonds is 6. The summed E-state index contributed by atoms with van der Waals surface area (Å²) in [5, 5.41) is 2.56. The van der Waals surface area contributed by atoms with Gasteiger partial charge in [-0.2, -0.15) is 0 Å². The summed E-state index contributed by atoms with van der Waals surface area (Å²) in [5.74, 6) is -2.12. The molecule has 3 rings (SSSR count). The molecule has 0 radical (unpaired) electrons. The van der Waals surface area contributed by atoms with Crippen molar-refractivity contribution in [1.82, 2.24) is 14.7 Å². The van der Waals surface area contributed by atoms with Gasteiger partial charge in [0.15, 0.2) is 0 Å². The number of imidazole rings is 1. The van der Waals surface area contributed by atoms with Gasteiger partial charge in [-0.15, -0.1) is 0 Å². The van der Waals surface area contributed by atoms with Crippen LogP contribution in [0.15, 0.2) is 54.9 Å². The fourth-order valence-corrected chi connectivity index (χ4v) is 2.65. The van der Waals surface area contributed by atoms with Crippen molar-refractivity contribution in [1.29, 1.82) is 0 Å². The van der Waals surface area contributed by atoms with Gasteiger partial charge in [0, 0.05) is 12.4 Å². The first-order valence-corrected chi connectivity index (χ1v) is 8.60. The zero-order valence-corrected chi connectivity index (χ0v) is 15.1. The Labute approximate surface area is 156 Å². The molecule has 2 aromatic heterocycles. The SMILES string of the molecule is CC(C)[C@H](NC(=O)c1ccccc1F)C(=O)OCc1cn2ccccc2n1. The first-order chi connectivity index (χ1) is 13.0. The van der Waals surface area contributed by atoms with Gasteiger partial charge in [-0.1, -0.05) is 32.0 Å². The standard InChI is InChI=1S/C20H20FN3O3/c1-13(2)18(23-19(25)15-7-3-4-8-16(15)21)20(26)27-12-14-11-24-10-6-5-9-17(24)22-14/h3-11,13,18H,12H2,1-2H3,(H,23,25)/t18-/m0/s1. The number of halogens is 1. The summed E-state index contributed by atoms with van der Waals surface area (Å²) in [4.78, 5) is 29.1. The first-order valence-electron chi connectivity index (χ1n) is 8.60. The van der Waals surface area contributed by atoms with E-state index in [1.54, 1.807) is 26.1 Å². The number of hydrogen-bond acceptors (Lipinski definition) is 4. The van der Waals surface area contributed by atoms with Crippen LogP contribution < -0.4 is 5.32 Å². The van der Waals surface area contributed by atoms with Crippen molar-refractivity contribution < 1.29 is 18.7 Å². The van der Waals surface area contributed by atoms with Gasteiger partial charge in [-0.05, 0) is 30.2 Å². The molecule has 6 nitrogen and oxygen atoms in total. The van der Waals surface area contributed by atoms with Gasteiger partial charge in [0.05, 0.1) is 11.3 Å². The zero-order valence-electron chi connectivity index (χ0n) is 15.1. The van der Waals surface area contributed by atoms with Gasteiger partial charge >= 0.3 is 5.97 Å². The molecule has 0 saturated heterocycles. The molecule has 1 N–H and O–H groups in total. The van der Waals surface area contributed by atoms with Crippen molar-refractivity contribution in [3.63, 3.8) is 0 Å².